The van der Waals surface area contributed by atoms with Crippen molar-refractivity contribution in [2.24, 2.45) is 17.8 Å². The maximum Gasteiger partial charge on any atom is 0.220 e. The van der Waals surface area contributed by atoms with E-state index >= 15 is 0 Å². The molecule has 2 fully saturated rings. The van der Waals surface area contributed by atoms with Gasteiger partial charge in [-0.05, 0) is 56.1 Å². The van der Waals surface area contributed by atoms with Crippen LogP contribution in [0.25, 0.3) is 0 Å². The molecule has 0 aromatic heterocycles. The first-order valence-corrected chi connectivity index (χ1v) is 8.17. The summed E-state index contributed by atoms with van der Waals surface area (Å²) in [6, 6.07) is 7.99. The number of rotatable bonds is 6. The Morgan fingerprint density at radius 2 is 2.05 bits per heavy atom. The van der Waals surface area contributed by atoms with Gasteiger partial charge in [-0.3, -0.25) is 4.79 Å². The second-order valence-corrected chi connectivity index (χ2v) is 6.65. The lowest BCUT2D eigenvalue weighted by atomic mass is 9.86. The molecule has 0 saturated heterocycles. The zero-order valence-corrected chi connectivity index (χ0v) is 12.8. The minimum atomic E-state index is 0.194. The molecule has 2 saturated carbocycles. The Labute approximate surface area is 127 Å². The molecule has 0 aliphatic heterocycles. The molecule has 1 aromatic carbocycles. The van der Waals surface area contributed by atoms with E-state index in [4.69, 9.17) is 4.74 Å². The Hall–Kier alpha value is -1.51. The number of hydrogen-bond acceptors (Lipinski definition) is 2. The molecule has 2 aliphatic carbocycles. The van der Waals surface area contributed by atoms with Crippen LogP contribution in [-0.2, 0) is 4.79 Å². The number of hydrogen-bond donors (Lipinski definition) is 1. The van der Waals surface area contributed by atoms with Crippen LogP contribution in [0.1, 0.15) is 37.7 Å². The van der Waals surface area contributed by atoms with Crippen LogP contribution in [0.5, 0.6) is 5.75 Å². The van der Waals surface area contributed by atoms with Crippen LogP contribution in [0.2, 0.25) is 0 Å². The first kappa shape index (κ1) is 14.4. The standard InChI is InChI=1S/C18H25NO2/c1-13-2-6-17(7-3-13)21-9-8-19-18(20)12-16-11-14-4-5-15(16)10-14/h2-3,6-7,14-16H,4-5,8-12H2,1H3,(H,19,20). The molecule has 3 unspecified atom stereocenters. The monoisotopic (exact) mass is 287 g/mol. The molecular formula is C18H25NO2. The number of carbonyl (C=O) groups excluding carboxylic acids is 1. The van der Waals surface area contributed by atoms with Crippen molar-refractivity contribution in [1.82, 2.24) is 5.32 Å². The van der Waals surface area contributed by atoms with E-state index in [1.807, 2.05) is 24.3 Å². The molecule has 114 valence electrons. The minimum Gasteiger partial charge on any atom is -0.492 e. The molecule has 3 nitrogen and oxygen atoms in total. The number of ether oxygens (including phenoxy) is 1. The van der Waals surface area contributed by atoms with Crippen LogP contribution >= 0.6 is 0 Å². The van der Waals surface area contributed by atoms with Crippen LogP contribution in [0.3, 0.4) is 0 Å². The van der Waals surface area contributed by atoms with Gasteiger partial charge in [0.05, 0.1) is 6.54 Å². The molecule has 21 heavy (non-hydrogen) atoms. The van der Waals surface area contributed by atoms with Crippen LogP contribution < -0.4 is 10.1 Å². The van der Waals surface area contributed by atoms with E-state index in [-0.39, 0.29) is 5.91 Å². The summed E-state index contributed by atoms with van der Waals surface area (Å²) < 4.78 is 5.62. The van der Waals surface area contributed by atoms with Crippen molar-refractivity contribution in [2.75, 3.05) is 13.2 Å². The summed E-state index contributed by atoms with van der Waals surface area (Å²) in [5, 5.41) is 2.99. The number of benzene rings is 1. The van der Waals surface area contributed by atoms with Crippen molar-refractivity contribution in [3.8, 4) is 5.75 Å². The maximum absolute atomic E-state index is 12.0. The molecule has 3 atom stereocenters. The maximum atomic E-state index is 12.0. The molecule has 1 amide bonds. The highest BCUT2D eigenvalue weighted by Crippen LogP contribution is 2.49. The summed E-state index contributed by atoms with van der Waals surface area (Å²) in [5.74, 6) is 3.44. The molecule has 1 N–H and O–H groups in total. The Bertz CT molecular complexity index is 482. The molecule has 3 heteroatoms. The van der Waals surface area contributed by atoms with E-state index in [0.717, 1.165) is 17.6 Å². The van der Waals surface area contributed by atoms with Crippen LogP contribution in [0, 0.1) is 24.7 Å². The molecule has 1 aromatic rings. The van der Waals surface area contributed by atoms with Gasteiger partial charge in [0.1, 0.15) is 12.4 Å². The third-order valence-corrected chi connectivity index (χ3v) is 5.05. The smallest absolute Gasteiger partial charge is 0.220 e. The predicted octanol–water partition coefficient (Wildman–Crippen LogP) is 3.32. The Kier molecular flexibility index (Phi) is 4.47. The highest BCUT2D eigenvalue weighted by Gasteiger charge is 2.39. The number of fused-ring (bicyclic) bond motifs is 2. The van der Waals surface area contributed by atoms with E-state index in [1.165, 1.54) is 31.2 Å². The lowest BCUT2D eigenvalue weighted by molar-refractivity contribution is -0.122. The zero-order valence-electron chi connectivity index (χ0n) is 12.8. The summed E-state index contributed by atoms with van der Waals surface area (Å²) in [7, 11) is 0. The lowest BCUT2D eigenvalue weighted by Gasteiger charge is -2.20. The van der Waals surface area contributed by atoms with E-state index in [9.17, 15) is 4.79 Å². The van der Waals surface area contributed by atoms with E-state index in [0.29, 0.717) is 25.5 Å². The van der Waals surface area contributed by atoms with Crippen molar-refractivity contribution >= 4 is 5.91 Å². The van der Waals surface area contributed by atoms with E-state index in [2.05, 4.69) is 12.2 Å². The molecule has 2 aliphatic rings. The Morgan fingerprint density at radius 3 is 2.71 bits per heavy atom. The van der Waals surface area contributed by atoms with Gasteiger partial charge in [-0.25, -0.2) is 0 Å². The quantitative estimate of drug-likeness (QED) is 0.815. The minimum absolute atomic E-state index is 0.194. The summed E-state index contributed by atoms with van der Waals surface area (Å²) >= 11 is 0. The average Bonchev–Trinajstić information content (AvgIpc) is 3.08. The summed E-state index contributed by atoms with van der Waals surface area (Å²) in [4.78, 5) is 12.0. The highest BCUT2D eigenvalue weighted by molar-refractivity contribution is 5.76. The van der Waals surface area contributed by atoms with Crippen molar-refractivity contribution in [3.63, 3.8) is 0 Å². The fourth-order valence-electron chi connectivity index (χ4n) is 3.93. The molecule has 3 rings (SSSR count). The second kappa shape index (κ2) is 6.50. The number of aryl methyl sites for hydroxylation is 1. The number of amides is 1. The Morgan fingerprint density at radius 1 is 1.24 bits per heavy atom. The van der Waals surface area contributed by atoms with E-state index < -0.39 is 0 Å². The first-order valence-electron chi connectivity index (χ1n) is 8.17. The molecule has 0 heterocycles. The number of nitrogens with one attached hydrogen (secondary N) is 1. The highest BCUT2D eigenvalue weighted by atomic mass is 16.5. The molecule has 2 bridgehead atoms. The predicted molar refractivity (Wildman–Crippen MR) is 83.2 cm³/mol. The van der Waals surface area contributed by atoms with Gasteiger partial charge in [0, 0.05) is 6.42 Å². The normalized spacial score (nSPS) is 26.8. The first-order chi connectivity index (χ1) is 10.2. The average molecular weight is 287 g/mol. The van der Waals surface area contributed by atoms with Gasteiger partial charge in [-0.2, -0.15) is 0 Å². The molecule has 0 radical (unpaired) electrons. The largest absolute Gasteiger partial charge is 0.492 e. The van der Waals surface area contributed by atoms with Crippen molar-refractivity contribution in [3.05, 3.63) is 29.8 Å². The molecule has 0 spiro atoms. The van der Waals surface area contributed by atoms with Gasteiger partial charge < -0.3 is 10.1 Å². The third-order valence-electron chi connectivity index (χ3n) is 5.05. The fourth-order valence-corrected chi connectivity index (χ4v) is 3.93. The zero-order chi connectivity index (χ0) is 14.7. The molecular weight excluding hydrogens is 262 g/mol. The fraction of sp³-hybridized carbons (Fsp3) is 0.611. The van der Waals surface area contributed by atoms with Crippen molar-refractivity contribution < 1.29 is 9.53 Å². The summed E-state index contributed by atoms with van der Waals surface area (Å²) in [6.07, 6.45) is 6.10. The summed E-state index contributed by atoms with van der Waals surface area (Å²) in [5.41, 5.74) is 1.22. The lowest BCUT2D eigenvalue weighted by Crippen LogP contribution is -2.30. The van der Waals surface area contributed by atoms with Crippen LogP contribution in [-0.4, -0.2) is 19.1 Å². The van der Waals surface area contributed by atoms with Crippen molar-refractivity contribution in [1.29, 1.82) is 0 Å². The van der Waals surface area contributed by atoms with Crippen molar-refractivity contribution in [2.45, 2.75) is 39.0 Å². The van der Waals surface area contributed by atoms with Gasteiger partial charge >= 0.3 is 0 Å². The van der Waals surface area contributed by atoms with E-state index in [1.54, 1.807) is 0 Å². The van der Waals surface area contributed by atoms with Gasteiger partial charge in [0.2, 0.25) is 5.91 Å². The van der Waals surface area contributed by atoms with Gasteiger partial charge in [-0.15, -0.1) is 0 Å². The topological polar surface area (TPSA) is 38.3 Å². The third kappa shape index (κ3) is 3.78. The number of carbonyl (C=O) groups is 1. The van der Waals surface area contributed by atoms with Gasteiger partial charge in [0.25, 0.3) is 0 Å². The summed E-state index contributed by atoms with van der Waals surface area (Å²) in [6.45, 7) is 3.18. The van der Waals surface area contributed by atoms with Gasteiger partial charge in [-0.1, -0.05) is 24.1 Å². The van der Waals surface area contributed by atoms with Crippen LogP contribution in [0.15, 0.2) is 24.3 Å². The van der Waals surface area contributed by atoms with Gasteiger partial charge in [0.15, 0.2) is 0 Å². The second-order valence-electron chi connectivity index (χ2n) is 6.65. The Balaban J connectivity index is 1.32. The van der Waals surface area contributed by atoms with Crippen LogP contribution in [0.4, 0.5) is 0 Å². The SMILES string of the molecule is Cc1ccc(OCCNC(=O)CC2CC3CCC2C3)cc1.